The monoisotopic (exact) mass is 399 g/mol. The normalized spacial score (nSPS) is 10.5. The number of thioether (sulfide) groups is 1. The zero-order valence-electron chi connectivity index (χ0n) is 14.9. The van der Waals surface area contributed by atoms with E-state index in [4.69, 9.17) is 16.3 Å². The van der Waals surface area contributed by atoms with E-state index in [1.165, 1.54) is 11.8 Å². The molecule has 0 saturated heterocycles. The predicted molar refractivity (Wildman–Crippen MR) is 110 cm³/mol. The fraction of sp³-hybridized carbons (Fsp3) is 0.150. The minimum atomic E-state index is -0.122. The van der Waals surface area contributed by atoms with Crippen molar-refractivity contribution in [2.75, 3.05) is 18.2 Å². The van der Waals surface area contributed by atoms with Crippen molar-refractivity contribution in [3.8, 4) is 17.0 Å². The lowest BCUT2D eigenvalue weighted by Crippen LogP contribution is -2.14. The quantitative estimate of drug-likeness (QED) is 0.474. The van der Waals surface area contributed by atoms with Crippen LogP contribution in [0.4, 0.5) is 5.69 Å². The van der Waals surface area contributed by atoms with E-state index in [1.807, 2.05) is 37.3 Å². The van der Waals surface area contributed by atoms with Crippen LogP contribution in [-0.2, 0) is 4.79 Å². The molecule has 0 spiro atoms. The molecular weight excluding hydrogens is 382 g/mol. The van der Waals surface area contributed by atoms with Crippen LogP contribution in [-0.4, -0.2) is 28.7 Å². The van der Waals surface area contributed by atoms with Gasteiger partial charge in [-0.1, -0.05) is 35.5 Å². The van der Waals surface area contributed by atoms with Gasteiger partial charge in [0.05, 0.1) is 18.6 Å². The molecule has 0 aliphatic carbocycles. The average Bonchev–Trinajstić information content (AvgIpc) is 2.67. The summed E-state index contributed by atoms with van der Waals surface area (Å²) in [6.45, 7) is 1.91. The number of benzene rings is 2. The van der Waals surface area contributed by atoms with Gasteiger partial charge in [0.25, 0.3) is 0 Å². The van der Waals surface area contributed by atoms with Gasteiger partial charge >= 0.3 is 0 Å². The summed E-state index contributed by atoms with van der Waals surface area (Å²) in [6.07, 6.45) is 0. The predicted octanol–water partition coefficient (Wildman–Crippen LogP) is 4.84. The van der Waals surface area contributed by atoms with Crippen LogP contribution < -0.4 is 10.1 Å². The molecule has 0 bridgehead atoms. The largest absolute Gasteiger partial charge is 0.497 e. The van der Waals surface area contributed by atoms with Crippen molar-refractivity contribution in [2.24, 2.45) is 0 Å². The maximum Gasteiger partial charge on any atom is 0.234 e. The van der Waals surface area contributed by atoms with Crippen molar-refractivity contribution in [2.45, 2.75) is 12.1 Å². The summed E-state index contributed by atoms with van der Waals surface area (Å²) in [4.78, 5) is 21.1. The van der Waals surface area contributed by atoms with Gasteiger partial charge in [-0.3, -0.25) is 4.79 Å². The Morgan fingerprint density at radius 3 is 2.48 bits per heavy atom. The molecule has 7 heteroatoms. The number of halogens is 1. The van der Waals surface area contributed by atoms with Gasteiger partial charge in [-0.25, -0.2) is 9.97 Å². The number of methoxy groups -OCH3 is 1. The molecule has 0 unspecified atom stereocenters. The number of nitrogens with zero attached hydrogens (tertiary/aromatic N) is 2. The number of carbonyl (C=O) groups is 1. The second-order valence-corrected chi connectivity index (χ2v) is 7.13. The number of carbonyl (C=O) groups excluding carboxylic acids is 1. The number of hydrogen-bond acceptors (Lipinski definition) is 5. The van der Waals surface area contributed by atoms with E-state index in [0.717, 1.165) is 22.7 Å². The highest BCUT2D eigenvalue weighted by atomic mass is 35.5. The van der Waals surface area contributed by atoms with Gasteiger partial charge in [-0.05, 0) is 49.4 Å². The maximum absolute atomic E-state index is 12.2. The third-order valence-electron chi connectivity index (χ3n) is 3.68. The minimum absolute atomic E-state index is 0.122. The summed E-state index contributed by atoms with van der Waals surface area (Å²) in [5.74, 6) is 0.837. The Morgan fingerprint density at radius 1 is 1.11 bits per heavy atom. The average molecular weight is 400 g/mol. The number of rotatable bonds is 6. The number of anilines is 1. The lowest BCUT2D eigenvalue weighted by Gasteiger charge is -2.08. The molecule has 0 saturated carbocycles. The van der Waals surface area contributed by atoms with Crippen LogP contribution in [0, 0.1) is 6.92 Å². The smallest absolute Gasteiger partial charge is 0.234 e. The number of hydrogen-bond donors (Lipinski definition) is 1. The summed E-state index contributed by atoms with van der Waals surface area (Å²) >= 11 is 7.24. The minimum Gasteiger partial charge on any atom is -0.497 e. The standard InChI is InChI=1S/C20H18ClN3O2S/c1-13-11-18(14-3-5-15(21)6-4-14)24-20(22-13)27-12-19(25)23-16-7-9-17(26-2)10-8-16/h3-11H,12H2,1-2H3,(H,23,25). The fourth-order valence-corrected chi connectivity index (χ4v) is 3.21. The van der Waals surface area contributed by atoms with Gasteiger partial charge in [0, 0.05) is 22.0 Å². The van der Waals surface area contributed by atoms with E-state index < -0.39 is 0 Å². The van der Waals surface area contributed by atoms with Crippen molar-refractivity contribution in [3.05, 3.63) is 65.3 Å². The molecule has 138 valence electrons. The zero-order chi connectivity index (χ0) is 19.2. The molecule has 5 nitrogen and oxygen atoms in total. The van der Waals surface area contributed by atoms with E-state index in [-0.39, 0.29) is 11.7 Å². The number of aromatic nitrogens is 2. The number of ether oxygens (including phenoxy) is 1. The van der Waals surface area contributed by atoms with Crippen molar-refractivity contribution in [1.29, 1.82) is 0 Å². The molecule has 2 aromatic carbocycles. The number of nitrogens with one attached hydrogen (secondary N) is 1. The van der Waals surface area contributed by atoms with Gasteiger partial charge < -0.3 is 10.1 Å². The second-order valence-electron chi connectivity index (χ2n) is 5.75. The molecule has 0 fully saturated rings. The Kier molecular flexibility index (Phi) is 6.32. The van der Waals surface area contributed by atoms with Gasteiger partial charge in [-0.15, -0.1) is 0 Å². The van der Waals surface area contributed by atoms with Crippen molar-refractivity contribution in [1.82, 2.24) is 9.97 Å². The van der Waals surface area contributed by atoms with E-state index in [0.29, 0.717) is 15.9 Å². The molecule has 0 aliphatic heterocycles. The Balaban J connectivity index is 1.64. The topological polar surface area (TPSA) is 64.1 Å². The van der Waals surface area contributed by atoms with Crippen LogP contribution in [0.5, 0.6) is 5.75 Å². The van der Waals surface area contributed by atoms with E-state index in [2.05, 4.69) is 15.3 Å². The number of amides is 1. The molecular formula is C20H18ClN3O2S. The van der Waals surface area contributed by atoms with Crippen molar-refractivity contribution >= 4 is 35.0 Å². The van der Waals surface area contributed by atoms with Crippen LogP contribution in [0.15, 0.2) is 59.8 Å². The Bertz CT molecular complexity index is 931. The zero-order valence-corrected chi connectivity index (χ0v) is 16.5. The molecule has 0 atom stereocenters. The first-order valence-electron chi connectivity index (χ1n) is 8.22. The van der Waals surface area contributed by atoms with Crippen LogP contribution >= 0.6 is 23.4 Å². The molecule has 3 aromatic rings. The fourth-order valence-electron chi connectivity index (χ4n) is 2.38. The van der Waals surface area contributed by atoms with Gasteiger partial charge in [0.2, 0.25) is 5.91 Å². The van der Waals surface area contributed by atoms with Crippen LogP contribution in [0.25, 0.3) is 11.3 Å². The van der Waals surface area contributed by atoms with Crippen molar-refractivity contribution < 1.29 is 9.53 Å². The molecule has 3 rings (SSSR count). The molecule has 1 heterocycles. The van der Waals surface area contributed by atoms with Crippen LogP contribution in [0.3, 0.4) is 0 Å². The lowest BCUT2D eigenvalue weighted by molar-refractivity contribution is -0.113. The Labute approximate surface area is 167 Å². The third-order valence-corrected chi connectivity index (χ3v) is 4.78. The van der Waals surface area contributed by atoms with E-state index in [9.17, 15) is 4.79 Å². The summed E-state index contributed by atoms with van der Waals surface area (Å²) < 4.78 is 5.10. The van der Waals surface area contributed by atoms with Gasteiger partial charge in [0.1, 0.15) is 5.75 Å². The first-order chi connectivity index (χ1) is 13.0. The van der Waals surface area contributed by atoms with Crippen LogP contribution in [0.2, 0.25) is 5.02 Å². The SMILES string of the molecule is COc1ccc(NC(=O)CSc2nc(C)cc(-c3ccc(Cl)cc3)n2)cc1. The lowest BCUT2D eigenvalue weighted by atomic mass is 10.1. The van der Waals surface area contributed by atoms with E-state index in [1.54, 1.807) is 31.4 Å². The van der Waals surface area contributed by atoms with E-state index >= 15 is 0 Å². The highest BCUT2D eigenvalue weighted by molar-refractivity contribution is 7.99. The Morgan fingerprint density at radius 2 is 1.81 bits per heavy atom. The molecule has 1 aromatic heterocycles. The molecule has 0 aliphatic rings. The third kappa shape index (κ3) is 5.45. The Hall–Kier alpha value is -2.57. The molecule has 1 N–H and O–H groups in total. The molecule has 27 heavy (non-hydrogen) atoms. The summed E-state index contributed by atoms with van der Waals surface area (Å²) in [7, 11) is 1.60. The molecule has 0 radical (unpaired) electrons. The summed E-state index contributed by atoms with van der Waals surface area (Å²) in [6, 6.07) is 16.6. The maximum atomic E-state index is 12.2. The molecule has 1 amide bonds. The second kappa shape index (κ2) is 8.88. The summed E-state index contributed by atoms with van der Waals surface area (Å²) in [5, 5.41) is 4.08. The first kappa shape index (κ1) is 19.2. The number of aryl methyl sites for hydroxylation is 1. The van der Waals surface area contributed by atoms with Gasteiger partial charge in [0.15, 0.2) is 5.16 Å². The first-order valence-corrected chi connectivity index (χ1v) is 9.58. The highest BCUT2D eigenvalue weighted by Gasteiger charge is 2.09. The van der Waals surface area contributed by atoms with Crippen molar-refractivity contribution in [3.63, 3.8) is 0 Å². The highest BCUT2D eigenvalue weighted by Crippen LogP contribution is 2.23. The summed E-state index contributed by atoms with van der Waals surface area (Å²) in [5.41, 5.74) is 3.31. The van der Waals surface area contributed by atoms with Gasteiger partial charge in [-0.2, -0.15) is 0 Å². The van der Waals surface area contributed by atoms with Crippen LogP contribution in [0.1, 0.15) is 5.69 Å².